The van der Waals surface area contributed by atoms with Gasteiger partial charge in [0.15, 0.2) is 0 Å². The van der Waals surface area contributed by atoms with E-state index in [-0.39, 0.29) is 17.5 Å². The van der Waals surface area contributed by atoms with Crippen LogP contribution in [0.5, 0.6) is 0 Å². The van der Waals surface area contributed by atoms with Crippen molar-refractivity contribution < 1.29 is 14.6 Å². The molecule has 2 unspecified atom stereocenters. The molecule has 0 spiro atoms. The first-order chi connectivity index (χ1) is 13.7. The van der Waals surface area contributed by atoms with Gasteiger partial charge in [0.2, 0.25) is 0 Å². The minimum atomic E-state index is -0.304. The van der Waals surface area contributed by atoms with Crippen LogP contribution in [0, 0.1) is 39.9 Å². The molecule has 0 radical (unpaired) electrons. The van der Waals surface area contributed by atoms with Crippen LogP contribution < -0.4 is 0 Å². The normalized spacial score (nSPS) is 46.9. The number of ether oxygens (including phenoxy) is 1. The Bertz CT molecular complexity index is 723. The van der Waals surface area contributed by atoms with Crippen LogP contribution >= 0.6 is 0 Å². The van der Waals surface area contributed by atoms with Gasteiger partial charge in [0.05, 0.1) is 13.2 Å². The van der Waals surface area contributed by atoms with Crippen molar-refractivity contribution in [2.24, 2.45) is 39.9 Å². The first-order valence-corrected chi connectivity index (χ1v) is 11.8. The number of methoxy groups -OCH3 is 1. The predicted molar refractivity (Wildman–Crippen MR) is 116 cm³/mol. The van der Waals surface area contributed by atoms with Crippen molar-refractivity contribution in [3.8, 4) is 0 Å². The van der Waals surface area contributed by atoms with Crippen molar-refractivity contribution in [2.45, 2.75) is 85.2 Å². The molecule has 29 heavy (non-hydrogen) atoms. The fraction of sp³-hybridized carbons (Fsp3) is 0.808. The van der Waals surface area contributed by atoms with Crippen LogP contribution in [-0.2, 0) is 9.53 Å². The van der Waals surface area contributed by atoms with E-state index >= 15 is 0 Å². The van der Waals surface area contributed by atoms with Gasteiger partial charge in [0.25, 0.3) is 0 Å². The zero-order chi connectivity index (χ0) is 21.0. The summed E-state index contributed by atoms with van der Waals surface area (Å²) < 4.78 is 4.88. The van der Waals surface area contributed by atoms with Gasteiger partial charge in [-0.2, -0.15) is 0 Å². The van der Waals surface area contributed by atoms with Gasteiger partial charge in [0, 0.05) is 11.8 Å². The number of aliphatic hydroxyl groups is 1. The Morgan fingerprint density at radius 1 is 1.21 bits per heavy atom. The molecule has 4 rings (SSSR count). The lowest BCUT2D eigenvalue weighted by atomic mass is 9.43. The second-order valence-corrected chi connectivity index (χ2v) is 11.2. The average Bonchev–Trinajstić information content (AvgIpc) is 2.98. The van der Waals surface area contributed by atoms with E-state index in [0.29, 0.717) is 40.9 Å². The van der Waals surface area contributed by atoms with Crippen LogP contribution in [0.4, 0.5) is 0 Å². The molecular weight excluding hydrogens is 360 g/mol. The molecule has 0 saturated heterocycles. The van der Waals surface area contributed by atoms with E-state index in [9.17, 15) is 9.90 Å². The molecule has 0 aromatic rings. The molecule has 2 fully saturated rings. The molecule has 0 heterocycles. The van der Waals surface area contributed by atoms with E-state index in [1.54, 1.807) is 0 Å². The van der Waals surface area contributed by atoms with Gasteiger partial charge >= 0.3 is 5.97 Å². The first kappa shape index (κ1) is 21.2. The standard InChI is InChI=1S/C26H40O3/c1-17(6-9-23(28)29-5)20-11-14-26(4)22-8-7-18-16-19(27)10-13-24(18,2)21(22)12-15-25(20,26)3/h7,10,13,17,19-22,27H,6,8-9,11-12,14-16H2,1-5H3/t17-,19+,20-,21+,22?,24+,25?,26+/m1/s1. The van der Waals surface area contributed by atoms with Gasteiger partial charge in [-0.1, -0.05) is 51.5 Å². The zero-order valence-corrected chi connectivity index (χ0v) is 19.0. The Balaban J connectivity index is 1.59. The van der Waals surface area contributed by atoms with Gasteiger partial charge < -0.3 is 9.84 Å². The fourth-order valence-corrected chi connectivity index (χ4v) is 8.23. The molecule has 0 aliphatic heterocycles. The lowest BCUT2D eigenvalue weighted by molar-refractivity contribution is -0.141. The molecule has 162 valence electrons. The third-order valence-corrected chi connectivity index (χ3v) is 10.3. The number of aliphatic hydroxyl groups excluding tert-OH is 1. The van der Waals surface area contributed by atoms with Crippen LogP contribution in [0.1, 0.15) is 79.1 Å². The Morgan fingerprint density at radius 3 is 2.66 bits per heavy atom. The Hall–Kier alpha value is -1.09. The molecule has 3 nitrogen and oxygen atoms in total. The van der Waals surface area contributed by atoms with E-state index in [0.717, 1.165) is 12.8 Å². The molecule has 3 heteroatoms. The molecule has 8 atom stereocenters. The summed E-state index contributed by atoms with van der Waals surface area (Å²) in [6.07, 6.45) is 15.2. The maximum atomic E-state index is 11.7. The minimum Gasteiger partial charge on any atom is -0.469 e. The number of allylic oxidation sites excluding steroid dienone is 2. The number of esters is 1. The fourth-order valence-electron chi connectivity index (χ4n) is 8.23. The second kappa shape index (κ2) is 7.25. The second-order valence-electron chi connectivity index (χ2n) is 11.2. The third-order valence-electron chi connectivity index (χ3n) is 10.3. The number of carbonyl (C=O) groups is 1. The van der Waals surface area contributed by atoms with Crippen molar-refractivity contribution in [3.63, 3.8) is 0 Å². The summed E-state index contributed by atoms with van der Waals surface area (Å²) in [6.45, 7) is 9.94. The van der Waals surface area contributed by atoms with Gasteiger partial charge in [-0.15, -0.1) is 0 Å². The predicted octanol–water partition coefficient (Wildman–Crippen LogP) is 5.68. The number of hydrogen-bond donors (Lipinski definition) is 1. The molecule has 2 saturated carbocycles. The lowest BCUT2D eigenvalue weighted by Gasteiger charge is -2.62. The topological polar surface area (TPSA) is 46.5 Å². The number of carbonyl (C=O) groups excluding carboxylic acids is 1. The first-order valence-electron chi connectivity index (χ1n) is 11.8. The molecule has 1 N–H and O–H groups in total. The molecule has 0 aromatic carbocycles. The molecule has 4 aliphatic rings. The van der Waals surface area contributed by atoms with Gasteiger partial charge in [0.1, 0.15) is 0 Å². The molecule has 0 aromatic heterocycles. The number of hydrogen-bond acceptors (Lipinski definition) is 3. The molecular formula is C26H40O3. The van der Waals surface area contributed by atoms with Crippen molar-refractivity contribution in [1.29, 1.82) is 0 Å². The summed E-state index contributed by atoms with van der Waals surface area (Å²) in [6, 6.07) is 0. The Morgan fingerprint density at radius 2 is 1.93 bits per heavy atom. The number of fused-ring (bicyclic) bond motifs is 5. The lowest BCUT2D eigenvalue weighted by Crippen LogP contribution is -2.55. The van der Waals surface area contributed by atoms with Crippen LogP contribution in [-0.4, -0.2) is 24.3 Å². The average molecular weight is 401 g/mol. The highest BCUT2D eigenvalue weighted by atomic mass is 16.5. The summed E-state index contributed by atoms with van der Waals surface area (Å²) in [5.74, 6) is 2.59. The van der Waals surface area contributed by atoms with Gasteiger partial charge in [-0.3, -0.25) is 4.79 Å². The molecule has 0 bridgehead atoms. The highest BCUT2D eigenvalue weighted by molar-refractivity contribution is 5.69. The van der Waals surface area contributed by atoms with Gasteiger partial charge in [-0.05, 0) is 79.4 Å². The smallest absolute Gasteiger partial charge is 0.305 e. The van der Waals surface area contributed by atoms with E-state index in [4.69, 9.17) is 4.74 Å². The SMILES string of the molecule is COC(=O)CC[C@@H](C)[C@H]1CC[C@@]2(C)C3CC=C4C[C@@H](O)C=C[C@]4(C)[C@H]3CCC12C. The van der Waals surface area contributed by atoms with E-state index < -0.39 is 0 Å². The summed E-state index contributed by atoms with van der Waals surface area (Å²) in [5, 5.41) is 10.1. The Labute approximate surface area is 177 Å². The zero-order valence-electron chi connectivity index (χ0n) is 19.0. The third kappa shape index (κ3) is 3.06. The highest BCUT2D eigenvalue weighted by Crippen LogP contribution is 2.72. The Kier molecular flexibility index (Phi) is 5.29. The summed E-state index contributed by atoms with van der Waals surface area (Å²) in [4.78, 5) is 11.7. The van der Waals surface area contributed by atoms with Crippen molar-refractivity contribution in [2.75, 3.05) is 7.11 Å². The van der Waals surface area contributed by atoms with Crippen molar-refractivity contribution in [3.05, 3.63) is 23.8 Å². The van der Waals surface area contributed by atoms with E-state index in [1.807, 2.05) is 6.08 Å². The van der Waals surface area contributed by atoms with Crippen LogP contribution in [0.3, 0.4) is 0 Å². The molecule has 0 amide bonds. The van der Waals surface area contributed by atoms with Crippen LogP contribution in [0.2, 0.25) is 0 Å². The number of rotatable bonds is 4. The van der Waals surface area contributed by atoms with Crippen LogP contribution in [0.25, 0.3) is 0 Å². The highest BCUT2D eigenvalue weighted by Gasteiger charge is 2.64. The monoisotopic (exact) mass is 400 g/mol. The summed E-state index contributed by atoms with van der Waals surface area (Å²) in [7, 11) is 1.49. The van der Waals surface area contributed by atoms with Gasteiger partial charge in [-0.25, -0.2) is 0 Å². The summed E-state index contributed by atoms with van der Waals surface area (Å²) >= 11 is 0. The quantitative estimate of drug-likeness (QED) is 0.488. The minimum absolute atomic E-state index is 0.0735. The van der Waals surface area contributed by atoms with Crippen LogP contribution in [0.15, 0.2) is 23.8 Å². The maximum Gasteiger partial charge on any atom is 0.305 e. The van der Waals surface area contributed by atoms with Crippen molar-refractivity contribution in [1.82, 2.24) is 0 Å². The van der Waals surface area contributed by atoms with E-state index in [1.165, 1.54) is 44.8 Å². The van der Waals surface area contributed by atoms with E-state index in [2.05, 4.69) is 39.8 Å². The summed E-state index contributed by atoms with van der Waals surface area (Å²) in [5.41, 5.74) is 2.31. The van der Waals surface area contributed by atoms with Crippen molar-refractivity contribution >= 4 is 5.97 Å². The molecule has 4 aliphatic carbocycles. The largest absolute Gasteiger partial charge is 0.469 e. The maximum absolute atomic E-state index is 11.7.